The van der Waals surface area contributed by atoms with Crippen LogP contribution in [0.1, 0.15) is 34.6 Å². The summed E-state index contributed by atoms with van der Waals surface area (Å²) in [6.07, 6.45) is 0. The minimum Gasteiger partial charge on any atom is -0.336 e. The van der Waals surface area contributed by atoms with E-state index in [9.17, 15) is 26.4 Å². The number of amides is 2. The van der Waals surface area contributed by atoms with Crippen LogP contribution in [0.2, 0.25) is 0 Å². The number of thiophene rings is 2. The first-order valence-electron chi connectivity index (χ1n) is 15.6. The maximum absolute atomic E-state index is 12.8. The molecule has 284 valence electrons. The highest BCUT2D eigenvalue weighted by atomic mass is 79.9. The van der Waals surface area contributed by atoms with E-state index in [0.29, 0.717) is 35.4 Å². The van der Waals surface area contributed by atoms with Crippen molar-refractivity contribution in [2.24, 2.45) is 0 Å². The summed E-state index contributed by atoms with van der Waals surface area (Å²) in [7, 11) is -2.01. The second-order valence-electron chi connectivity index (χ2n) is 11.2. The molecule has 1 N–H and O–H groups in total. The molecular formula is C33H37Br2Cl3N4O6S4. The van der Waals surface area contributed by atoms with E-state index in [0.717, 1.165) is 44.1 Å². The first-order valence-corrected chi connectivity index (χ1v) is 23.6. The van der Waals surface area contributed by atoms with E-state index < -0.39 is 19.1 Å². The number of halogens is 5. The molecule has 2 fully saturated rings. The fraction of sp³-hybridized carbons (Fsp3) is 0.333. The topological polar surface area (TPSA) is 124 Å². The third-order valence-corrected chi connectivity index (χ3v) is 15.3. The summed E-state index contributed by atoms with van der Waals surface area (Å²) in [6, 6.07) is 25.1. The standard InChI is InChI=1S/C16H17BrN2O3S2.C12H16N2O.C4H2BrClO2S2.CH2Cl2/c1-12-11-18(16(20)13-5-3-2-4-6-13)9-10-19(12)24(21,22)15-8-7-14(17)23-15;1-10-9-14(8-7-13-10)12(15)11-5-3-2-4-6-11;5-3-1-2-4(9-3)10(6,7)8;2-1-3/h2-8,12H,9-11H2,1H3;2-6,10,13H,7-9H2,1H3;1-2H;1H2. The van der Waals surface area contributed by atoms with Gasteiger partial charge in [-0.3, -0.25) is 9.59 Å². The zero-order valence-electron chi connectivity index (χ0n) is 28.0. The van der Waals surface area contributed by atoms with Gasteiger partial charge < -0.3 is 15.1 Å². The summed E-state index contributed by atoms with van der Waals surface area (Å²) in [6.45, 7) is 7.52. The van der Waals surface area contributed by atoms with Gasteiger partial charge in [-0.05, 0) is 94.2 Å². The van der Waals surface area contributed by atoms with Gasteiger partial charge in [-0.2, -0.15) is 4.31 Å². The van der Waals surface area contributed by atoms with Crippen LogP contribution in [0.3, 0.4) is 0 Å². The van der Waals surface area contributed by atoms with Crippen molar-refractivity contribution in [2.45, 2.75) is 34.3 Å². The maximum atomic E-state index is 12.8. The van der Waals surface area contributed by atoms with Gasteiger partial charge in [0, 0.05) is 73.2 Å². The number of piperazine rings is 2. The molecule has 10 nitrogen and oxygen atoms in total. The molecule has 2 aliphatic rings. The van der Waals surface area contributed by atoms with Gasteiger partial charge in [0.1, 0.15) is 8.42 Å². The number of rotatable bonds is 5. The Balaban J connectivity index is 0.000000221. The molecule has 2 aromatic carbocycles. The van der Waals surface area contributed by atoms with E-state index in [1.807, 2.05) is 60.4 Å². The molecule has 0 spiro atoms. The number of hydrogen-bond acceptors (Lipinski definition) is 9. The minimum absolute atomic E-state index is 0.0571. The van der Waals surface area contributed by atoms with Gasteiger partial charge in [-0.1, -0.05) is 36.4 Å². The van der Waals surface area contributed by atoms with Crippen molar-refractivity contribution in [3.8, 4) is 0 Å². The highest BCUT2D eigenvalue weighted by Gasteiger charge is 2.36. The smallest absolute Gasteiger partial charge is 0.270 e. The molecule has 2 saturated heterocycles. The third-order valence-electron chi connectivity index (χ3n) is 7.45. The van der Waals surface area contributed by atoms with Crippen LogP contribution in [0.4, 0.5) is 0 Å². The highest BCUT2D eigenvalue weighted by molar-refractivity contribution is 9.11. The Hall–Kier alpha value is -1.57. The van der Waals surface area contributed by atoms with Gasteiger partial charge >= 0.3 is 0 Å². The van der Waals surface area contributed by atoms with Gasteiger partial charge in [0.15, 0.2) is 0 Å². The van der Waals surface area contributed by atoms with Crippen LogP contribution in [0, 0.1) is 0 Å². The quantitative estimate of drug-likeness (QED) is 0.159. The molecule has 0 radical (unpaired) electrons. The monoisotopic (exact) mass is 976 g/mol. The molecule has 4 heterocycles. The summed E-state index contributed by atoms with van der Waals surface area (Å²) in [5.74, 6) is 0.0855. The van der Waals surface area contributed by atoms with Crippen molar-refractivity contribution in [1.29, 1.82) is 0 Å². The Kier molecular flexibility index (Phi) is 18.5. The van der Waals surface area contributed by atoms with Crippen LogP contribution in [0.5, 0.6) is 0 Å². The Bertz CT molecular complexity index is 1960. The molecule has 19 heteroatoms. The lowest BCUT2D eigenvalue weighted by atomic mass is 10.1. The average Bonchev–Trinajstić information content (AvgIpc) is 3.78. The number of hydrogen-bond donors (Lipinski definition) is 1. The van der Waals surface area contributed by atoms with Crippen molar-refractivity contribution in [2.75, 3.05) is 44.6 Å². The summed E-state index contributed by atoms with van der Waals surface area (Å²) in [5.41, 5.74) is 1.41. The lowest BCUT2D eigenvalue weighted by Gasteiger charge is -2.38. The summed E-state index contributed by atoms with van der Waals surface area (Å²) in [5, 5.41) is 3.52. The van der Waals surface area contributed by atoms with Crippen LogP contribution in [-0.4, -0.2) is 99.4 Å². The van der Waals surface area contributed by atoms with Gasteiger partial charge in [0.05, 0.1) is 12.9 Å². The fourth-order valence-electron chi connectivity index (χ4n) is 5.11. The number of nitrogens with zero attached hydrogens (tertiary/aromatic N) is 3. The van der Waals surface area contributed by atoms with E-state index >= 15 is 0 Å². The predicted octanol–water partition coefficient (Wildman–Crippen LogP) is 8.03. The van der Waals surface area contributed by atoms with Gasteiger partial charge in [0.2, 0.25) is 0 Å². The fourth-order valence-corrected chi connectivity index (χ4v) is 11.6. The van der Waals surface area contributed by atoms with Gasteiger partial charge in [0.25, 0.3) is 30.9 Å². The van der Waals surface area contributed by atoms with Crippen molar-refractivity contribution >= 4 is 119 Å². The largest absolute Gasteiger partial charge is 0.336 e. The van der Waals surface area contributed by atoms with Crippen LogP contribution < -0.4 is 5.32 Å². The zero-order chi connectivity index (χ0) is 38.5. The van der Waals surface area contributed by atoms with Crippen molar-refractivity contribution in [3.63, 3.8) is 0 Å². The number of benzene rings is 2. The molecule has 2 atom stereocenters. The average molecular weight is 980 g/mol. The molecular weight excluding hydrogens is 943 g/mol. The molecule has 0 saturated carbocycles. The van der Waals surface area contributed by atoms with Gasteiger partial charge in [-0.25, -0.2) is 16.8 Å². The first-order chi connectivity index (χ1) is 24.6. The van der Waals surface area contributed by atoms with E-state index in [4.69, 9.17) is 33.9 Å². The zero-order valence-corrected chi connectivity index (χ0v) is 36.7. The lowest BCUT2D eigenvalue weighted by molar-refractivity contribution is 0.0642. The number of carbonyl (C=O) groups excluding carboxylic acids is 2. The Morgan fingerprint density at radius 1 is 0.731 bits per heavy atom. The molecule has 0 aliphatic carbocycles. The Morgan fingerprint density at radius 3 is 1.58 bits per heavy atom. The molecule has 6 rings (SSSR count). The highest BCUT2D eigenvalue weighted by Crippen LogP contribution is 2.31. The molecule has 2 aliphatic heterocycles. The van der Waals surface area contributed by atoms with Crippen molar-refractivity contribution in [3.05, 3.63) is 104 Å². The number of alkyl halides is 2. The summed E-state index contributed by atoms with van der Waals surface area (Å²) in [4.78, 5) is 28.2. The number of sulfonamides is 1. The molecule has 2 amide bonds. The second kappa shape index (κ2) is 21.5. The first kappa shape index (κ1) is 44.8. The van der Waals surface area contributed by atoms with Crippen molar-refractivity contribution < 1.29 is 26.4 Å². The Labute approximate surface area is 344 Å². The van der Waals surface area contributed by atoms with E-state index in [1.54, 1.807) is 35.2 Å². The number of carbonyl (C=O) groups is 2. The summed E-state index contributed by atoms with van der Waals surface area (Å²) >= 11 is 18.2. The molecule has 2 aromatic heterocycles. The molecule has 0 bridgehead atoms. The van der Waals surface area contributed by atoms with Crippen LogP contribution in [0.25, 0.3) is 0 Å². The second-order valence-corrected chi connectivity index (χ2v) is 21.9. The van der Waals surface area contributed by atoms with Crippen LogP contribution in [0.15, 0.2) is 101 Å². The normalized spacial score (nSPS) is 17.8. The third kappa shape index (κ3) is 13.6. The van der Waals surface area contributed by atoms with E-state index in [2.05, 4.69) is 44.1 Å². The van der Waals surface area contributed by atoms with E-state index in [-0.39, 0.29) is 27.4 Å². The van der Waals surface area contributed by atoms with Gasteiger partial charge in [-0.15, -0.1) is 45.9 Å². The summed E-state index contributed by atoms with van der Waals surface area (Å²) < 4.78 is 50.3. The van der Waals surface area contributed by atoms with Crippen LogP contribution >= 0.6 is 88.4 Å². The maximum Gasteiger partial charge on any atom is 0.270 e. The molecule has 2 unspecified atom stereocenters. The predicted molar refractivity (Wildman–Crippen MR) is 219 cm³/mol. The van der Waals surface area contributed by atoms with Crippen molar-refractivity contribution in [1.82, 2.24) is 19.4 Å². The molecule has 52 heavy (non-hydrogen) atoms. The SMILES string of the molecule is CC1CN(C(=O)c2ccccc2)CCN1.CC1CN(C(=O)c2ccccc2)CCN1S(=O)(=O)c1ccc(Br)s1.ClCCl.O=S(=O)(Cl)c1ccc(Br)s1. The molecule has 4 aromatic rings. The minimum atomic E-state index is -3.52. The lowest BCUT2D eigenvalue weighted by Crippen LogP contribution is -2.55. The van der Waals surface area contributed by atoms with Crippen LogP contribution in [-0.2, 0) is 19.1 Å². The Morgan fingerprint density at radius 2 is 1.19 bits per heavy atom. The van der Waals surface area contributed by atoms with E-state index in [1.165, 1.54) is 21.7 Å². The number of nitrogens with one attached hydrogen (secondary N) is 1.